The summed E-state index contributed by atoms with van der Waals surface area (Å²) in [5.41, 5.74) is 0. The Morgan fingerprint density at radius 3 is 1.51 bits per heavy atom. The Bertz CT molecular complexity index is 1400. The van der Waals surface area contributed by atoms with Gasteiger partial charge in [0.2, 0.25) is 41.1 Å². The zero-order valence-corrected chi connectivity index (χ0v) is 26.7. The zero-order chi connectivity index (χ0) is 35.7. The lowest BCUT2D eigenvalue weighted by molar-refractivity contribution is -0.276. The van der Waals surface area contributed by atoms with Crippen LogP contribution in [0.15, 0.2) is 6.07 Å². The molecule has 3 N–H and O–H groups in total. The Labute approximate surface area is 272 Å². The number of nitrogens with one attached hydrogen (secondary N) is 3. The standard InChI is InChI=1S/C8H10ClF2N3O2.C8H10F3N3O2.C7H8ClF2N3O2/c1-3-15-6-4(16-7(10)11)5(9)13-8(12-2)14-6;1-3-15-5-4-6(16-8(9,10)11)14-7(12-2)13-5;1-11-7-12-4(8)3(15-6(9)10)5(13-7)14-2/h7H,3H2,1-2H3,(H,12,13,14);4H,3H2,1-2H3,(H,12,13,14);6H,1-2H3,(H,11,12,13). The van der Waals surface area contributed by atoms with Crippen LogP contribution in [0.5, 0.6) is 35.0 Å². The SMILES string of the molecule is CCOc1cc(OC(F)(F)F)nc(NC)n1.CCOc1nc(NC)nc(Cl)c1OC(F)F.CNc1nc(Cl)c(OC(F)F)c(OC)n1. The molecule has 3 heterocycles. The van der Waals surface area contributed by atoms with E-state index in [0.29, 0.717) is 0 Å². The number of rotatable bonds is 13. The molecule has 0 atom stereocenters. The molecule has 0 fully saturated rings. The minimum Gasteiger partial charge on any atom is -0.478 e. The van der Waals surface area contributed by atoms with Crippen LogP contribution in [0.4, 0.5) is 48.6 Å². The minimum atomic E-state index is -4.79. The maximum atomic E-state index is 12.1. The fourth-order valence-electron chi connectivity index (χ4n) is 2.69. The molecule has 0 aromatic carbocycles. The van der Waals surface area contributed by atoms with E-state index in [1.54, 1.807) is 27.9 Å². The molecule has 24 heteroatoms. The first-order valence-corrected chi connectivity index (χ1v) is 13.4. The number of methoxy groups -OCH3 is 1. The summed E-state index contributed by atoms with van der Waals surface area (Å²) in [5, 5.41) is 7.24. The van der Waals surface area contributed by atoms with Crippen LogP contribution in [-0.4, -0.2) is 91.0 Å². The van der Waals surface area contributed by atoms with Gasteiger partial charge in [-0.3, -0.25) is 0 Å². The second-order valence-corrected chi connectivity index (χ2v) is 8.15. The number of alkyl halides is 7. The highest BCUT2D eigenvalue weighted by atomic mass is 35.5. The van der Waals surface area contributed by atoms with Gasteiger partial charge in [0.25, 0.3) is 11.8 Å². The largest absolute Gasteiger partial charge is 0.574 e. The fourth-order valence-corrected chi connectivity index (χ4v) is 3.10. The lowest BCUT2D eigenvalue weighted by atomic mass is 10.5. The molecule has 15 nitrogen and oxygen atoms in total. The van der Waals surface area contributed by atoms with Gasteiger partial charge < -0.3 is 44.4 Å². The predicted octanol–water partition coefficient (Wildman–Crippen LogP) is 5.77. The molecule has 0 aliphatic rings. The van der Waals surface area contributed by atoms with Crippen molar-refractivity contribution in [3.8, 4) is 35.0 Å². The Balaban J connectivity index is 0.000000353. The van der Waals surface area contributed by atoms with Crippen molar-refractivity contribution in [2.24, 2.45) is 0 Å². The highest BCUT2D eigenvalue weighted by Gasteiger charge is 2.32. The van der Waals surface area contributed by atoms with Crippen LogP contribution < -0.4 is 44.4 Å². The smallest absolute Gasteiger partial charge is 0.478 e. The van der Waals surface area contributed by atoms with Crippen molar-refractivity contribution < 1.29 is 59.2 Å². The first kappa shape index (κ1) is 40.6. The van der Waals surface area contributed by atoms with Crippen molar-refractivity contribution in [3.63, 3.8) is 0 Å². The summed E-state index contributed by atoms with van der Waals surface area (Å²) >= 11 is 11.3. The monoisotopic (exact) mass is 729 g/mol. The average Bonchev–Trinajstić information content (AvgIpc) is 2.99. The lowest BCUT2D eigenvalue weighted by Gasteiger charge is -2.12. The zero-order valence-electron chi connectivity index (χ0n) is 25.2. The molecule has 47 heavy (non-hydrogen) atoms. The number of aromatic nitrogens is 6. The first-order chi connectivity index (χ1) is 22.1. The third-order valence-electron chi connectivity index (χ3n) is 4.34. The van der Waals surface area contributed by atoms with Crippen LogP contribution in [0.1, 0.15) is 13.8 Å². The molecule has 3 rings (SSSR count). The molecule has 0 saturated carbocycles. The van der Waals surface area contributed by atoms with Gasteiger partial charge in [0.05, 0.1) is 26.4 Å². The highest BCUT2D eigenvalue weighted by Crippen LogP contribution is 2.35. The third kappa shape index (κ3) is 14.7. The molecule has 0 bridgehead atoms. The summed E-state index contributed by atoms with van der Waals surface area (Å²) in [4.78, 5) is 22.1. The third-order valence-corrected chi connectivity index (χ3v) is 4.85. The maximum Gasteiger partial charge on any atom is 0.574 e. The van der Waals surface area contributed by atoms with E-state index >= 15 is 0 Å². The average molecular weight is 730 g/mol. The molecule has 3 aromatic rings. The number of ether oxygens (including phenoxy) is 6. The van der Waals surface area contributed by atoms with Crippen LogP contribution in [-0.2, 0) is 0 Å². The summed E-state index contributed by atoms with van der Waals surface area (Å²) in [7, 11) is 5.85. The molecular weight excluding hydrogens is 702 g/mol. The van der Waals surface area contributed by atoms with E-state index < -0.39 is 25.5 Å². The lowest BCUT2D eigenvalue weighted by Crippen LogP contribution is -2.18. The first-order valence-electron chi connectivity index (χ1n) is 12.6. The summed E-state index contributed by atoms with van der Waals surface area (Å²) in [6, 6.07) is 0.970. The maximum absolute atomic E-state index is 12.1. The second-order valence-electron chi connectivity index (χ2n) is 7.44. The number of halogens is 9. The number of hydrogen-bond acceptors (Lipinski definition) is 15. The topological polar surface area (TPSA) is 169 Å². The fraction of sp³-hybridized carbons (Fsp3) is 0.478. The highest BCUT2D eigenvalue weighted by molar-refractivity contribution is 6.31. The van der Waals surface area contributed by atoms with Crippen molar-refractivity contribution in [1.29, 1.82) is 0 Å². The molecule has 3 aromatic heterocycles. The van der Waals surface area contributed by atoms with E-state index in [9.17, 15) is 30.7 Å². The molecule has 0 aliphatic carbocycles. The molecule has 0 unspecified atom stereocenters. The number of hydrogen-bond donors (Lipinski definition) is 3. The van der Waals surface area contributed by atoms with Gasteiger partial charge in [-0.2, -0.15) is 47.5 Å². The Morgan fingerprint density at radius 1 is 0.681 bits per heavy atom. The van der Waals surface area contributed by atoms with Gasteiger partial charge >= 0.3 is 19.6 Å². The Kier molecular flexibility index (Phi) is 17.2. The van der Waals surface area contributed by atoms with Crippen LogP contribution in [0.3, 0.4) is 0 Å². The molecule has 0 saturated heterocycles. The van der Waals surface area contributed by atoms with E-state index in [-0.39, 0.29) is 70.5 Å². The van der Waals surface area contributed by atoms with Crippen LogP contribution in [0.25, 0.3) is 0 Å². The van der Waals surface area contributed by atoms with Gasteiger partial charge in [0.1, 0.15) is 0 Å². The Hall–Kier alpha value is -4.47. The van der Waals surface area contributed by atoms with Crippen molar-refractivity contribution in [2.45, 2.75) is 33.4 Å². The summed E-state index contributed by atoms with van der Waals surface area (Å²) < 4.78 is 111. The van der Waals surface area contributed by atoms with E-state index in [1.807, 2.05) is 0 Å². The second kappa shape index (κ2) is 19.9. The normalized spacial score (nSPS) is 10.6. The van der Waals surface area contributed by atoms with Gasteiger partial charge in [0.15, 0.2) is 10.3 Å². The quantitative estimate of drug-likeness (QED) is 0.143. The summed E-state index contributed by atoms with van der Waals surface area (Å²) in [6.45, 7) is -2.13. The number of nitrogens with zero attached hydrogens (tertiary/aromatic N) is 6. The van der Waals surface area contributed by atoms with Crippen molar-refractivity contribution in [1.82, 2.24) is 29.9 Å². The molecule has 0 aliphatic heterocycles. The van der Waals surface area contributed by atoms with E-state index in [4.69, 9.17) is 37.4 Å². The molecule has 0 spiro atoms. The van der Waals surface area contributed by atoms with Gasteiger partial charge in [-0.15, -0.1) is 13.2 Å². The van der Waals surface area contributed by atoms with E-state index in [0.717, 1.165) is 6.07 Å². The van der Waals surface area contributed by atoms with Gasteiger partial charge in [-0.1, -0.05) is 23.2 Å². The Morgan fingerprint density at radius 2 is 1.11 bits per heavy atom. The molecule has 0 amide bonds. The van der Waals surface area contributed by atoms with Gasteiger partial charge in [0, 0.05) is 21.1 Å². The molecule has 264 valence electrons. The molecular formula is C23H28Cl2F7N9O6. The van der Waals surface area contributed by atoms with Crippen LogP contribution in [0, 0.1) is 0 Å². The molecule has 0 radical (unpaired) electrons. The van der Waals surface area contributed by atoms with E-state index in [1.165, 1.54) is 14.2 Å². The van der Waals surface area contributed by atoms with Crippen molar-refractivity contribution in [2.75, 3.05) is 57.4 Å². The van der Waals surface area contributed by atoms with Gasteiger partial charge in [-0.05, 0) is 13.8 Å². The van der Waals surface area contributed by atoms with Gasteiger partial charge in [-0.25, -0.2) is 0 Å². The number of anilines is 3. The predicted molar refractivity (Wildman–Crippen MR) is 154 cm³/mol. The van der Waals surface area contributed by atoms with E-state index in [2.05, 4.69) is 60.1 Å². The van der Waals surface area contributed by atoms with Crippen LogP contribution in [0.2, 0.25) is 10.3 Å². The van der Waals surface area contributed by atoms with Crippen LogP contribution >= 0.6 is 23.2 Å². The summed E-state index contributed by atoms with van der Waals surface area (Å²) in [5.74, 6) is -1.31. The van der Waals surface area contributed by atoms with Crippen molar-refractivity contribution in [3.05, 3.63) is 16.4 Å². The minimum absolute atomic E-state index is 0.00907. The summed E-state index contributed by atoms with van der Waals surface area (Å²) in [6.07, 6.45) is -4.79. The van der Waals surface area contributed by atoms with Crippen molar-refractivity contribution >= 4 is 41.0 Å².